The number of nitrogens with zero attached hydrogens (tertiary/aromatic N) is 2. The monoisotopic (exact) mass is 264 g/mol. The molecule has 1 aromatic heterocycles. The first kappa shape index (κ1) is 13.3. The highest BCUT2D eigenvalue weighted by atomic mass is 32.2. The largest absolute Gasteiger partial charge is 0.394 e. The molecule has 0 aliphatic rings. The first-order valence-corrected chi connectivity index (χ1v) is 6.95. The van der Waals surface area contributed by atoms with Crippen LogP contribution in [-0.4, -0.2) is 38.6 Å². The molecule has 0 fully saturated rings. The van der Waals surface area contributed by atoms with Crippen molar-refractivity contribution >= 4 is 22.7 Å². The predicted molar refractivity (Wildman–Crippen MR) is 73.5 cm³/mol. The van der Waals surface area contributed by atoms with Gasteiger partial charge in [-0.15, -0.1) is 0 Å². The molecule has 0 spiro atoms. The summed E-state index contributed by atoms with van der Waals surface area (Å²) < 4.78 is 0. The molecule has 0 amide bonds. The number of benzene rings is 1. The highest BCUT2D eigenvalue weighted by molar-refractivity contribution is 7.98. The van der Waals surface area contributed by atoms with E-state index in [9.17, 15) is 5.11 Å². The van der Waals surface area contributed by atoms with E-state index >= 15 is 0 Å². The third kappa shape index (κ3) is 3.19. The van der Waals surface area contributed by atoms with E-state index in [1.165, 1.54) is 11.8 Å². The Labute approximate surface area is 110 Å². The Morgan fingerprint density at radius 2 is 2.06 bits per heavy atom. The lowest BCUT2D eigenvalue weighted by Gasteiger charge is -2.07. The molecule has 0 saturated heterocycles. The fourth-order valence-electron chi connectivity index (χ4n) is 1.70. The Bertz CT molecular complexity index is 533. The van der Waals surface area contributed by atoms with Gasteiger partial charge < -0.3 is 10.2 Å². The summed E-state index contributed by atoms with van der Waals surface area (Å²) in [6.45, 7) is 1.77. The minimum absolute atomic E-state index is 0.204. The van der Waals surface area contributed by atoms with Gasteiger partial charge in [0.05, 0.1) is 24.0 Å². The number of aryl methyl sites for hydroxylation is 1. The van der Waals surface area contributed by atoms with Crippen LogP contribution in [0.5, 0.6) is 0 Å². The smallest absolute Gasteiger partial charge is 0.139 e. The summed E-state index contributed by atoms with van der Waals surface area (Å²) >= 11 is 1.52. The van der Waals surface area contributed by atoms with Crippen LogP contribution >= 0.6 is 11.8 Å². The summed E-state index contributed by atoms with van der Waals surface area (Å²) in [6.07, 6.45) is -0.670. The van der Waals surface area contributed by atoms with Gasteiger partial charge in [0.1, 0.15) is 5.82 Å². The van der Waals surface area contributed by atoms with Gasteiger partial charge in [0, 0.05) is 16.8 Å². The summed E-state index contributed by atoms with van der Waals surface area (Å²) in [5.74, 6) is 1.90. The van der Waals surface area contributed by atoms with Gasteiger partial charge in [0.15, 0.2) is 0 Å². The molecular weight excluding hydrogens is 248 g/mol. The number of aliphatic hydroxyl groups is 2. The van der Waals surface area contributed by atoms with Crippen molar-refractivity contribution in [2.24, 2.45) is 0 Å². The van der Waals surface area contributed by atoms with E-state index in [0.29, 0.717) is 11.5 Å². The number of thioether (sulfide) groups is 1. The number of hydrogen-bond donors (Lipinski definition) is 2. The number of aromatic nitrogens is 2. The van der Waals surface area contributed by atoms with Crippen LogP contribution in [0.25, 0.3) is 10.9 Å². The second kappa shape index (κ2) is 6.13. The van der Waals surface area contributed by atoms with Crippen molar-refractivity contribution in [3.05, 3.63) is 35.8 Å². The van der Waals surface area contributed by atoms with E-state index in [4.69, 9.17) is 5.11 Å². The van der Waals surface area contributed by atoms with Crippen molar-refractivity contribution < 1.29 is 10.2 Å². The SMILES string of the molecule is Cc1nc(CSC[C@H](O)CO)nc2ccccc12. The first-order valence-electron chi connectivity index (χ1n) is 5.79. The normalized spacial score (nSPS) is 12.8. The Kier molecular flexibility index (Phi) is 4.52. The van der Waals surface area contributed by atoms with E-state index in [0.717, 1.165) is 22.4 Å². The average Bonchev–Trinajstić information content (AvgIpc) is 2.38. The molecule has 0 aliphatic heterocycles. The minimum atomic E-state index is -0.670. The second-order valence-electron chi connectivity index (χ2n) is 4.09. The van der Waals surface area contributed by atoms with Gasteiger partial charge in [-0.2, -0.15) is 11.8 Å². The van der Waals surface area contributed by atoms with Gasteiger partial charge in [-0.1, -0.05) is 18.2 Å². The summed E-state index contributed by atoms with van der Waals surface area (Å²) in [5, 5.41) is 19.0. The number of para-hydroxylation sites is 1. The van der Waals surface area contributed by atoms with Crippen LogP contribution < -0.4 is 0 Å². The Morgan fingerprint density at radius 3 is 2.83 bits per heavy atom. The fourth-order valence-corrected chi connectivity index (χ4v) is 2.51. The molecule has 0 saturated carbocycles. The fraction of sp³-hybridized carbons (Fsp3) is 0.385. The van der Waals surface area contributed by atoms with E-state index in [1.54, 1.807) is 0 Å². The number of fused-ring (bicyclic) bond motifs is 1. The van der Waals surface area contributed by atoms with Gasteiger partial charge in [0.2, 0.25) is 0 Å². The molecule has 96 valence electrons. The van der Waals surface area contributed by atoms with Crippen LogP contribution in [0, 0.1) is 6.92 Å². The Hall–Kier alpha value is -1.17. The molecule has 0 unspecified atom stereocenters. The highest BCUT2D eigenvalue weighted by Gasteiger charge is 2.06. The van der Waals surface area contributed by atoms with Gasteiger partial charge in [-0.3, -0.25) is 0 Å². The van der Waals surface area contributed by atoms with Gasteiger partial charge in [0.25, 0.3) is 0 Å². The molecule has 5 heteroatoms. The highest BCUT2D eigenvalue weighted by Crippen LogP contribution is 2.17. The number of aliphatic hydroxyl groups excluding tert-OH is 2. The van der Waals surface area contributed by atoms with Crippen LogP contribution in [0.3, 0.4) is 0 Å². The third-order valence-corrected chi connectivity index (χ3v) is 3.68. The molecule has 4 nitrogen and oxygen atoms in total. The summed E-state index contributed by atoms with van der Waals surface area (Å²) in [4.78, 5) is 8.93. The molecule has 1 aromatic carbocycles. The molecule has 18 heavy (non-hydrogen) atoms. The molecule has 2 aromatic rings. The first-order chi connectivity index (χ1) is 8.70. The zero-order valence-electron chi connectivity index (χ0n) is 10.2. The van der Waals surface area contributed by atoms with Crippen molar-refractivity contribution in [1.29, 1.82) is 0 Å². The van der Waals surface area contributed by atoms with Crippen molar-refractivity contribution in [2.75, 3.05) is 12.4 Å². The molecule has 0 radical (unpaired) electrons. The van der Waals surface area contributed by atoms with Crippen molar-refractivity contribution in [2.45, 2.75) is 18.8 Å². The Balaban J connectivity index is 2.10. The van der Waals surface area contributed by atoms with E-state index in [1.807, 2.05) is 31.2 Å². The second-order valence-corrected chi connectivity index (χ2v) is 5.12. The van der Waals surface area contributed by atoms with Gasteiger partial charge in [-0.05, 0) is 13.0 Å². The van der Waals surface area contributed by atoms with Crippen LogP contribution in [0.4, 0.5) is 0 Å². The lowest BCUT2D eigenvalue weighted by Crippen LogP contribution is -2.14. The maximum absolute atomic E-state index is 9.25. The average molecular weight is 264 g/mol. The number of hydrogen-bond acceptors (Lipinski definition) is 5. The van der Waals surface area contributed by atoms with Crippen LogP contribution in [-0.2, 0) is 5.75 Å². The quantitative estimate of drug-likeness (QED) is 0.857. The van der Waals surface area contributed by atoms with Crippen molar-refractivity contribution in [3.63, 3.8) is 0 Å². The maximum Gasteiger partial charge on any atom is 0.139 e. The van der Waals surface area contributed by atoms with Crippen LogP contribution in [0.1, 0.15) is 11.5 Å². The summed E-state index contributed by atoms with van der Waals surface area (Å²) in [6, 6.07) is 7.92. The molecule has 0 aliphatic carbocycles. The topological polar surface area (TPSA) is 66.2 Å². The lowest BCUT2D eigenvalue weighted by molar-refractivity contribution is 0.113. The number of rotatable bonds is 5. The summed E-state index contributed by atoms with van der Waals surface area (Å²) in [7, 11) is 0. The Morgan fingerprint density at radius 1 is 1.28 bits per heavy atom. The molecular formula is C13H16N2O2S. The maximum atomic E-state index is 9.25. The zero-order chi connectivity index (χ0) is 13.0. The van der Waals surface area contributed by atoms with Crippen molar-refractivity contribution in [3.8, 4) is 0 Å². The standard InChI is InChI=1S/C13H16N2O2S/c1-9-11-4-2-3-5-12(11)15-13(14-9)8-18-7-10(17)6-16/h2-5,10,16-17H,6-8H2,1H3/t10-/m1/s1. The van der Waals surface area contributed by atoms with Gasteiger partial charge in [-0.25, -0.2) is 9.97 Å². The molecule has 1 heterocycles. The zero-order valence-corrected chi connectivity index (χ0v) is 11.0. The van der Waals surface area contributed by atoms with E-state index in [2.05, 4.69) is 9.97 Å². The predicted octanol–water partition coefficient (Wildman–Crippen LogP) is 1.52. The molecule has 2 rings (SSSR count). The van der Waals surface area contributed by atoms with E-state index < -0.39 is 6.10 Å². The van der Waals surface area contributed by atoms with Crippen LogP contribution in [0.2, 0.25) is 0 Å². The minimum Gasteiger partial charge on any atom is -0.394 e. The summed E-state index contributed by atoms with van der Waals surface area (Å²) in [5.41, 5.74) is 1.92. The van der Waals surface area contributed by atoms with Crippen LogP contribution in [0.15, 0.2) is 24.3 Å². The molecule has 0 bridgehead atoms. The van der Waals surface area contributed by atoms with E-state index in [-0.39, 0.29) is 6.61 Å². The van der Waals surface area contributed by atoms with Gasteiger partial charge >= 0.3 is 0 Å². The third-order valence-electron chi connectivity index (χ3n) is 2.59. The lowest BCUT2D eigenvalue weighted by atomic mass is 10.2. The molecule has 1 atom stereocenters. The molecule has 2 N–H and O–H groups in total. The van der Waals surface area contributed by atoms with Crippen molar-refractivity contribution in [1.82, 2.24) is 9.97 Å².